The molecular formula is C22H30N4O3. The van der Waals surface area contributed by atoms with Gasteiger partial charge < -0.3 is 19.3 Å². The molecule has 3 rings (SSSR count). The normalized spacial score (nSPS) is 14.2. The lowest BCUT2D eigenvalue weighted by Gasteiger charge is -2.35. The minimum absolute atomic E-state index is 0.125. The average molecular weight is 399 g/mol. The lowest BCUT2D eigenvalue weighted by Crippen LogP contribution is -2.49. The van der Waals surface area contributed by atoms with Crippen molar-refractivity contribution in [3.05, 3.63) is 41.9 Å². The summed E-state index contributed by atoms with van der Waals surface area (Å²) in [4.78, 5) is 25.9. The van der Waals surface area contributed by atoms with Gasteiger partial charge in [0.05, 0.1) is 20.1 Å². The summed E-state index contributed by atoms with van der Waals surface area (Å²) >= 11 is 0. The third kappa shape index (κ3) is 5.59. The molecule has 1 aromatic carbocycles. The molecule has 1 aliphatic rings. The highest BCUT2D eigenvalue weighted by Gasteiger charge is 2.22. The molecule has 2 heterocycles. The number of amides is 1. The standard InChI is InChI=1S/C22H30N4O3/c1-16(2)22-23-17(3)15-20(24-22)25-10-12-26(13-11-25)21(27)9-14-29-19-7-5-18(28-4)6-8-19/h5-8,15-16H,9-14H2,1-4H3. The monoisotopic (exact) mass is 398 g/mol. The van der Waals surface area contributed by atoms with Crippen LogP contribution >= 0.6 is 0 Å². The van der Waals surface area contributed by atoms with Crippen LogP contribution in [-0.2, 0) is 4.79 Å². The molecular weight excluding hydrogens is 368 g/mol. The molecule has 0 spiro atoms. The minimum Gasteiger partial charge on any atom is -0.497 e. The second-order valence-corrected chi connectivity index (χ2v) is 7.52. The van der Waals surface area contributed by atoms with Crippen LogP contribution in [0, 0.1) is 6.92 Å². The van der Waals surface area contributed by atoms with E-state index in [9.17, 15) is 4.79 Å². The number of nitrogens with zero attached hydrogens (tertiary/aromatic N) is 4. The van der Waals surface area contributed by atoms with Gasteiger partial charge in [-0.2, -0.15) is 0 Å². The Balaban J connectivity index is 1.46. The van der Waals surface area contributed by atoms with Crippen molar-refractivity contribution in [1.29, 1.82) is 0 Å². The third-order valence-electron chi connectivity index (χ3n) is 4.97. The SMILES string of the molecule is COc1ccc(OCCC(=O)N2CCN(c3cc(C)nc(C(C)C)n3)CC2)cc1. The number of ether oxygens (including phenoxy) is 2. The summed E-state index contributed by atoms with van der Waals surface area (Å²) in [6.45, 7) is 9.52. The average Bonchev–Trinajstić information content (AvgIpc) is 2.73. The van der Waals surface area contributed by atoms with Gasteiger partial charge in [-0.3, -0.25) is 4.79 Å². The summed E-state index contributed by atoms with van der Waals surface area (Å²) in [6.07, 6.45) is 0.371. The number of aryl methyl sites for hydroxylation is 1. The number of carbonyl (C=O) groups is 1. The van der Waals surface area contributed by atoms with Crippen LogP contribution in [0.3, 0.4) is 0 Å². The van der Waals surface area contributed by atoms with Gasteiger partial charge in [0.2, 0.25) is 5.91 Å². The van der Waals surface area contributed by atoms with E-state index in [0.29, 0.717) is 32.0 Å². The summed E-state index contributed by atoms with van der Waals surface area (Å²) < 4.78 is 10.8. The fraction of sp³-hybridized carbons (Fsp3) is 0.500. The molecule has 0 radical (unpaired) electrons. The lowest BCUT2D eigenvalue weighted by molar-refractivity contribution is -0.132. The predicted octanol–water partition coefficient (Wildman–Crippen LogP) is 3.03. The molecule has 0 atom stereocenters. The summed E-state index contributed by atoms with van der Waals surface area (Å²) in [5.41, 5.74) is 0.980. The van der Waals surface area contributed by atoms with Crippen LogP contribution in [0.15, 0.2) is 30.3 Å². The van der Waals surface area contributed by atoms with Crippen LogP contribution < -0.4 is 14.4 Å². The Morgan fingerprint density at radius 3 is 2.34 bits per heavy atom. The maximum absolute atomic E-state index is 12.5. The van der Waals surface area contributed by atoms with Crippen molar-refractivity contribution in [1.82, 2.24) is 14.9 Å². The zero-order valence-electron chi connectivity index (χ0n) is 17.7. The summed E-state index contributed by atoms with van der Waals surface area (Å²) in [6, 6.07) is 9.40. The largest absolute Gasteiger partial charge is 0.497 e. The van der Waals surface area contributed by atoms with Crippen LogP contribution in [0.25, 0.3) is 0 Å². The van der Waals surface area contributed by atoms with E-state index >= 15 is 0 Å². The van der Waals surface area contributed by atoms with Gasteiger partial charge in [0.25, 0.3) is 0 Å². The molecule has 7 nitrogen and oxygen atoms in total. The number of piperazine rings is 1. The van der Waals surface area contributed by atoms with Gasteiger partial charge in [-0.25, -0.2) is 9.97 Å². The number of anilines is 1. The van der Waals surface area contributed by atoms with Crippen LogP contribution in [0.1, 0.15) is 37.7 Å². The quantitative estimate of drug-likeness (QED) is 0.714. The molecule has 0 unspecified atom stereocenters. The Kier molecular flexibility index (Phi) is 6.90. The summed E-state index contributed by atoms with van der Waals surface area (Å²) in [5.74, 6) is 3.77. The molecule has 2 aromatic rings. The van der Waals surface area contributed by atoms with Crippen molar-refractivity contribution in [2.45, 2.75) is 33.1 Å². The number of carbonyl (C=O) groups excluding carboxylic acids is 1. The van der Waals surface area contributed by atoms with Crippen molar-refractivity contribution in [2.75, 3.05) is 44.8 Å². The van der Waals surface area contributed by atoms with Gasteiger partial charge in [-0.05, 0) is 31.2 Å². The molecule has 156 valence electrons. The Morgan fingerprint density at radius 2 is 1.72 bits per heavy atom. The van der Waals surface area contributed by atoms with Crippen molar-refractivity contribution in [2.24, 2.45) is 0 Å². The molecule has 1 amide bonds. The van der Waals surface area contributed by atoms with Crippen LogP contribution in [0.2, 0.25) is 0 Å². The number of aromatic nitrogens is 2. The van der Waals surface area contributed by atoms with E-state index in [-0.39, 0.29) is 5.91 Å². The van der Waals surface area contributed by atoms with Crippen LogP contribution in [-0.4, -0.2) is 60.7 Å². The Hall–Kier alpha value is -2.83. The third-order valence-corrected chi connectivity index (χ3v) is 4.97. The van der Waals surface area contributed by atoms with Crippen LogP contribution in [0.5, 0.6) is 11.5 Å². The second kappa shape index (κ2) is 9.58. The smallest absolute Gasteiger partial charge is 0.226 e. The zero-order valence-corrected chi connectivity index (χ0v) is 17.7. The Morgan fingerprint density at radius 1 is 1.07 bits per heavy atom. The first kappa shape index (κ1) is 20.9. The second-order valence-electron chi connectivity index (χ2n) is 7.52. The molecule has 29 heavy (non-hydrogen) atoms. The fourth-order valence-electron chi connectivity index (χ4n) is 3.27. The van der Waals surface area contributed by atoms with Gasteiger partial charge in [0.15, 0.2) is 0 Å². The van der Waals surface area contributed by atoms with Crippen molar-refractivity contribution in [3.8, 4) is 11.5 Å². The molecule has 1 aliphatic heterocycles. The predicted molar refractivity (Wildman–Crippen MR) is 113 cm³/mol. The van der Waals surface area contributed by atoms with Crippen molar-refractivity contribution >= 4 is 11.7 Å². The molecule has 0 bridgehead atoms. The van der Waals surface area contributed by atoms with E-state index in [1.54, 1.807) is 7.11 Å². The number of hydrogen-bond acceptors (Lipinski definition) is 6. The molecule has 0 N–H and O–H groups in total. The zero-order chi connectivity index (χ0) is 20.8. The van der Waals surface area contributed by atoms with Gasteiger partial charge in [0.1, 0.15) is 23.1 Å². The number of methoxy groups -OCH3 is 1. The van der Waals surface area contributed by atoms with Crippen molar-refractivity contribution < 1.29 is 14.3 Å². The van der Waals surface area contributed by atoms with E-state index in [2.05, 4.69) is 23.7 Å². The Bertz CT molecular complexity index is 815. The van der Waals surface area contributed by atoms with Gasteiger partial charge >= 0.3 is 0 Å². The Labute approximate surface area is 172 Å². The minimum atomic E-state index is 0.125. The molecule has 0 aliphatic carbocycles. The molecule has 1 aromatic heterocycles. The summed E-state index contributed by atoms with van der Waals surface area (Å²) in [7, 11) is 1.63. The maximum atomic E-state index is 12.5. The summed E-state index contributed by atoms with van der Waals surface area (Å²) in [5, 5.41) is 0. The number of benzene rings is 1. The van der Waals surface area contributed by atoms with E-state index in [0.717, 1.165) is 41.9 Å². The highest BCUT2D eigenvalue weighted by Crippen LogP contribution is 2.19. The molecule has 1 saturated heterocycles. The first-order valence-corrected chi connectivity index (χ1v) is 10.1. The first-order chi connectivity index (χ1) is 14.0. The highest BCUT2D eigenvalue weighted by atomic mass is 16.5. The number of rotatable bonds is 7. The van der Waals surface area contributed by atoms with E-state index in [4.69, 9.17) is 14.5 Å². The lowest BCUT2D eigenvalue weighted by atomic mass is 10.2. The topological polar surface area (TPSA) is 67.8 Å². The molecule has 0 saturated carbocycles. The fourth-order valence-corrected chi connectivity index (χ4v) is 3.27. The van der Waals surface area contributed by atoms with E-state index in [1.165, 1.54) is 0 Å². The van der Waals surface area contributed by atoms with Gasteiger partial charge in [-0.1, -0.05) is 13.8 Å². The first-order valence-electron chi connectivity index (χ1n) is 10.1. The van der Waals surface area contributed by atoms with E-state index in [1.807, 2.05) is 42.2 Å². The molecule has 7 heteroatoms. The number of hydrogen-bond donors (Lipinski definition) is 0. The molecule has 1 fully saturated rings. The van der Waals surface area contributed by atoms with Crippen molar-refractivity contribution in [3.63, 3.8) is 0 Å². The van der Waals surface area contributed by atoms with Gasteiger partial charge in [-0.15, -0.1) is 0 Å². The maximum Gasteiger partial charge on any atom is 0.226 e. The van der Waals surface area contributed by atoms with Gasteiger partial charge in [0, 0.05) is 43.9 Å². The highest BCUT2D eigenvalue weighted by molar-refractivity contribution is 5.76. The van der Waals surface area contributed by atoms with E-state index < -0.39 is 0 Å². The van der Waals surface area contributed by atoms with Crippen LogP contribution in [0.4, 0.5) is 5.82 Å².